The van der Waals surface area contributed by atoms with Gasteiger partial charge in [-0.1, -0.05) is 28.1 Å². The molecule has 0 radical (unpaired) electrons. The first-order valence-corrected chi connectivity index (χ1v) is 11.0. The molecule has 0 aliphatic carbocycles. The van der Waals surface area contributed by atoms with Crippen molar-refractivity contribution < 1.29 is 13.9 Å². The number of methoxy groups -OCH3 is 2. The van der Waals surface area contributed by atoms with Crippen molar-refractivity contribution in [2.24, 2.45) is 0 Å². The Morgan fingerprint density at radius 1 is 0.968 bits per heavy atom. The molecule has 0 unspecified atom stereocenters. The standard InChI is InChI=1S/C25H23BrN2O3/c1-29-23-11-18-7-8-28(13-20(18)12-24(23)30-2)14-22-15-31-25(27-22)19-4-3-17-10-21(26)6-5-16(17)9-19/h3-6,9-12,15H,7-8,13-14H2,1-2H3. The zero-order valence-electron chi connectivity index (χ0n) is 17.5. The molecule has 0 spiro atoms. The molecule has 0 fully saturated rings. The first-order chi connectivity index (χ1) is 15.1. The highest BCUT2D eigenvalue weighted by Crippen LogP contribution is 2.34. The molecule has 5 nitrogen and oxygen atoms in total. The predicted molar refractivity (Wildman–Crippen MR) is 125 cm³/mol. The molecule has 0 bridgehead atoms. The van der Waals surface area contributed by atoms with Crippen molar-refractivity contribution in [2.75, 3.05) is 20.8 Å². The first-order valence-electron chi connectivity index (χ1n) is 10.2. The summed E-state index contributed by atoms with van der Waals surface area (Å²) in [6.45, 7) is 2.57. The molecule has 6 heteroatoms. The Balaban J connectivity index is 1.33. The molecule has 1 aliphatic heterocycles. The van der Waals surface area contributed by atoms with Gasteiger partial charge >= 0.3 is 0 Å². The number of hydrogen-bond donors (Lipinski definition) is 0. The van der Waals surface area contributed by atoms with E-state index in [1.54, 1.807) is 20.5 Å². The highest BCUT2D eigenvalue weighted by atomic mass is 79.9. The smallest absolute Gasteiger partial charge is 0.226 e. The zero-order valence-corrected chi connectivity index (χ0v) is 19.1. The van der Waals surface area contributed by atoms with Crippen molar-refractivity contribution in [3.8, 4) is 23.0 Å². The molecule has 1 aliphatic rings. The molecule has 0 N–H and O–H groups in total. The summed E-state index contributed by atoms with van der Waals surface area (Å²) in [6.07, 6.45) is 2.74. The van der Waals surface area contributed by atoms with Crippen LogP contribution in [-0.4, -0.2) is 30.6 Å². The second-order valence-electron chi connectivity index (χ2n) is 7.79. The third-order valence-electron chi connectivity index (χ3n) is 5.78. The lowest BCUT2D eigenvalue weighted by Crippen LogP contribution is -2.30. The normalized spacial score (nSPS) is 13.9. The van der Waals surface area contributed by atoms with Crippen LogP contribution in [0.2, 0.25) is 0 Å². The molecule has 0 amide bonds. The van der Waals surface area contributed by atoms with Gasteiger partial charge < -0.3 is 13.9 Å². The van der Waals surface area contributed by atoms with Crippen LogP contribution in [0.5, 0.6) is 11.5 Å². The highest BCUT2D eigenvalue weighted by Gasteiger charge is 2.20. The van der Waals surface area contributed by atoms with Crippen molar-refractivity contribution in [3.63, 3.8) is 0 Å². The number of fused-ring (bicyclic) bond motifs is 2. The van der Waals surface area contributed by atoms with E-state index in [0.29, 0.717) is 5.89 Å². The fraction of sp³-hybridized carbons (Fsp3) is 0.240. The van der Waals surface area contributed by atoms with Crippen molar-refractivity contribution >= 4 is 26.7 Å². The Bertz CT molecular complexity index is 1250. The summed E-state index contributed by atoms with van der Waals surface area (Å²) in [5.74, 6) is 2.22. The number of ether oxygens (including phenoxy) is 2. The molecule has 2 heterocycles. The molecule has 31 heavy (non-hydrogen) atoms. The van der Waals surface area contributed by atoms with E-state index in [0.717, 1.165) is 58.7 Å². The minimum absolute atomic E-state index is 0.656. The Kier molecular flexibility index (Phi) is 5.42. The van der Waals surface area contributed by atoms with E-state index in [-0.39, 0.29) is 0 Å². The molecule has 3 aromatic carbocycles. The largest absolute Gasteiger partial charge is 0.493 e. The summed E-state index contributed by atoms with van der Waals surface area (Å²) in [5, 5.41) is 2.35. The summed E-state index contributed by atoms with van der Waals surface area (Å²) in [7, 11) is 3.35. The summed E-state index contributed by atoms with van der Waals surface area (Å²) < 4.78 is 17.8. The van der Waals surface area contributed by atoms with Gasteiger partial charge in [0.1, 0.15) is 6.26 Å². The molecular formula is C25H23BrN2O3. The van der Waals surface area contributed by atoms with Crippen molar-refractivity contribution in [1.82, 2.24) is 9.88 Å². The van der Waals surface area contributed by atoms with Gasteiger partial charge in [0, 0.05) is 29.7 Å². The van der Waals surface area contributed by atoms with Crippen LogP contribution in [0.4, 0.5) is 0 Å². The monoisotopic (exact) mass is 478 g/mol. The van der Waals surface area contributed by atoms with Crippen LogP contribution in [0.15, 0.2) is 63.7 Å². The summed E-state index contributed by atoms with van der Waals surface area (Å²) in [6, 6.07) is 16.7. The topological polar surface area (TPSA) is 47.7 Å². The Hall–Kier alpha value is -2.83. The summed E-state index contributed by atoms with van der Waals surface area (Å²) in [4.78, 5) is 7.14. The van der Waals surface area contributed by atoms with E-state index in [1.165, 1.54) is 16.5 Å². The number of aromatic nitrogens is 1. The lowest BCUT2D eigenvalue weighted by molar-refractivity contribution is 0.241. The average molecular weight is 479 g/mol. The molecule has 0 saturated carbocycles. The van der Waals surface area contributed by atoms with Gasteiger partial charge in [-0.15, -0.1) is 0 Å². The molecule has 0 atom stereocenters. The average Bonchev–Trinajstić information content (AvgIpc) is 3.26. The summed E-state index contributed by atoms with van der Waals surface area (Å²) >= 11 is 3.52. The fourth-order valence-corrected chi connectivity index (χ4v) is 4.55. The SMILES string of the molecule is COc1cc2c(cc1OC)CN(Cc1coc(-c3ccc4cc(Br)ccc4c3)n1)CC2. The van der Waals surface area contributed by atoms with Gasteiger partial charge in [0.15, 0.2) is 11.5 Å². The van der Waals surface area contributed by atoms with Gasteiger partial charge in [-0.3, -0.25) is 4.90 Å². The highest BCUT2D eigenvalue weighted by molar-refractivity contribution is 9.10. The minimum atomic E-state index is 0.656. The van der Waals surface area contributed by atoms with Crippen LogP contribution >= 0.6 is 15.9 Å². The second-order valence-corrected chi connectivity index (χ2v) is 8.70. The zero-order chi connectivity index (χ0) is 21.4. The van der Waals surface area contributed by atoms with Crippen molar-refractivity contribution in [2.45, 2.75) is 19.5 Å². The van der Waals surface area contributed by atoms with Crippen LogP contribution in [0.3, 0.4) is 0 Å². The van der Waals surface area contributed by atoms with E-state index in [2.05, 4.69) is 63.3 Å². The van der Waals surface area contributed by atoms with Gasteiger partial charge in [0.25, 0.3) is 0 Å². The predicted octanol–water partition coefficient (Wildman–Crippen LogP) is 5.83. The Morgan fingerprint density at radius 2 is 1.71 bits per heavy atom. The molecule has 4 aromatic rings. The van der Waals surface area contributed by atoms with Gasteiger partial charge in [-0.2, -0.15) is 0 Å². The third kappa shape index (κ3) is 4.05. The number of oxazole rings is 1. The van der Waals surface area contributed by atoms with Gasteiger partial charge in [-0.25, -0.2) is 4.98 Å². The third-order valence-corrected chi connectivity index (χ3v) is 6.28. The van der Waals surface area contributed by atoms with Crippen LogP contribution in [-0.2, 0) is 19.5 Å². The number of hydrogen-bond acceptors (Lipinski definition) is 5. The quantitative estimate of drug-likeness (QED) is 0.360. The lowest BCUT2D eigenvalue weighted by Gasteiger charge is -2.28. The van der Waals surface area contributed by atoms with E-state index < -0.39 is 0 Å². The van der Waals surface area contributed by atoms with Crippen LogP contribution in [0, 0.1) is 0 Å². The summed E-state index contributed by atoms with van der Waals surface area (Å²) in [5.41, 5.74) is 4.52. The van der Waals surface area contributed by atoms with Gasteiger partial charge in [0.2, 0.25) is 5.89 Å². The van der Waals surface area contributed by atoms with Crippen molar-refractivity contribution in [3.05, 3.63) is 76.1 Å². The number of nitrogens with zero attached hydrogens (tertiary/aromatic N) is 2. The first kappa shape index (κ1) is 20.1. The van der Waals surface area contributed by atoms with Crippen LogP contribution < -0.4 is 9.47 Å². The molecule has 158 valence electrons. The van der Waals surface area contributed by atoms with Crippen LogP contribution in [0.1, 0.15) is 16.8 Å². The van der Waals surface area contributed by atoms with E-state index >= 15 is 0 Å². The van der Waals surface area contributed by atoms with E-state index in [1.807, 2.05) is 6.07 Å². The number of rotatable bonds is 5. The number of halogens is 1. The minimum Gasteiger partial charge on any atom is -0.493 e. The maximum atomic E-state index is 5.82. The maximum Gasteiger partial charge on any atom is 0.226 e. The van der Waals surface area contributed by atoms with Gasteiger partial charge in [0.05, 0.1) is 19.9 Å². The number of benzene rings is 3. The Morgan fingerprint density at radius 3 is 2.52 bits per heavy atom. The Labute approximate surface area is 189 Å². The second kappa shape index (κ2) is 8.36. The fourth-order valence-electron chi connectivity index (χ4n) is 4.17. The molecular weight excluding hydrogens is 456 g/mol. The lowest BCUT2D eigenvalue weighted by atomic mass is 9.98. The molecule has 5 rings (SSSR count). The molecule has 0 saturated heterocycles. The van der Waals surface area contributed by atoms with Crippen LogP contribution in [0.25, 0.3) is 22.2 Å². The van der Waals surface area contributed by atoms with Gasteiger partial charge in [-0.05, 0) is 64.7 Å². The maximum absolute atomic E-state index is 5.82. The molecule has 1 aromatic heterocycles. The van der Waals surface area contributed by atoms with E-state index in [9.17, 15) is 0 Å². The van der Waals surface area contributed by atoms with Crippen molar-refractivity contribution in [1.29, 1.82) is 0 Å². The van der Waals surface area contributed by atoms with E-state index in [4.69, 9.17) is 18.9 Å².